The standard InChI is InChI=1S/C20H21N5O5/c1-23(9-8-14-4-7-18(29-2)19(10-14)30-3)20(26)15-5-6-16(17(11-15)25(27)28)24-13-21-12-22-24/h4-7,10-13H,8-9H2,1-3H3. The molecule has 0 atom stereocenters. The van der Waals surface area contributed by atoms with E-state index < -0.39 is 4.92 Å². The van der Waals surface area contributed by atoms with Gasteiger partial charge in [0, 0.05) is 25.2 Å². The smallest absolute Gasteiger partial charge is 0.295 e. The van der Waals surface area contributed by atoms with Crippen molar-refractivity contribution < 1.29 is 19.2 Å². The number of aromatic nitrogens is 3. The highest BCUT2D eigenvalue weighted by atomic mass is 16.6. The Morgan fingerprint density at radius 1 is 1.17 bits per heavy atom. The Kier molecular flexibility index (Phi) is 6.26. The molecule has 1 aromatic heterocycles. The summed E-state index contributed by atoms with van der Waals surface area (Å²) < 4.78 is 11.8. The number of benzene rings is 2. The van der Waals surface area contributed by atoms with Gasteiger partial charge >= 0.3 is 0 Å². The number of ether oxygens (including phenoxy) is 2. The number of nitrogens with zero attached hydrogens (tertiary/aromatic N) is 5. The molecule has 30 heavy (non-hydrogen) atoms. The quantitative estimate of drug-likeness (QED) is 0.413. The molecule has 0 saturated carbocycles. The number of nitro groups is 1. The lowest BCUT2D eigenvalue weighted by molar-refractivity contribution is -0.384. The highest BCUT2D eigenvalue weighted by Gasteiger charge is 2.21. The Hall–Kier alpha value is -3.95. The molecular formula is C20H21N5O5. The van der Waals surface area contributed by atoms with Crippen LogP contribution in [0, 0.1) is 10.1 Å². The topological polar surface area (TPSA) is 113 Å². The minimum Gasteiger partial charge on any atom is -0.493 e. The molecule has 0 unspecified atom stereocenters. The number of likely N-dealkylation sites (N-methyl/N-ethyl adjacent to an activating group) is 1. The van der Waals surface area contributed by atoms with Crippen LogP contribution in [-0.2, 0) is 6.42 Å². The number of methoxy groups -OCH3 is 2. The van der Waals surface area contributed by atoms with E-state index in [1.165, 1.54) is 34.4 Å². The Morgan fingerprint density at radius 2 is 1.93 bits per heavy atom. The highest BCUT2D eigenvalue weighted by Crippen LogP contribution is 2.28. The van der Waals surface area contributed by atoms with Crippen LogP contribution in [0.15, 0.2) is 49.1 Å². The average Bonchev–Trinajstić information content (AvgIpc) is 3.31. The highest BCUT2D eigenvalue weighted by molar-refractivity contribution is 5.95. The zero-order valence-corrected chi connectivity index (χ0v) is 16.8. The zero-order valence-electron chi connectivity index (χ0n) is 16.8. The van der Waals surface area contributed by atoms with Gasteiger partial charge in [-0.05, 0) is 36.2 Å². The van der Waals surface area contributed by atoms with Crippen LogP contribution in [0.25, 0.3) is 5.69 Å². The van der Waals surface area contributed by atoms with Crippen LogP contribution in [0.2, 0.25) is 0 Å². The van der Waals surface area contributed by atoms with Gasteiger partial charge in [0.15, 0.2) is 11.5 Å². The number of rotatable bonds is 8. The van der Waals surface area contributed by atoms with E-state index in [2.05, 4.69) is 10.1 Å². The SMILES string of the molecule is COc1ccc(CCN(C)C(=O)c2ccc(-n3cncn3)c([N+](=O)[O-])c2)cc1OC. The minimum atomic E-state index is -0.544. The fraction of sp³-hybridized carbons (Fsp3) is 0.250. The van der Waals surface area contributed by atoms with Gasteiger partial charge in [0.2, 0.25) is 0 Å². The lowest BCUT2D eigenvalue weighted by Gasteiger charge is -2.18. The van der Waals surface area contributed by atoms with Crippen LogP contribution >= 0.6 is 0 Å². The third-order valence-electron chi connectivity index (χ3n) is 4.62. The van der Waals surface area contributed by atoms with Crippen molar-refractivity contribution in [3.8, 4) is 17.2 Å². The first-order valence-electron chi connectivity index (χ1n) is 9.04. The van der Waals surface area contributed by atoms with Gasteiger partial charge < -0.3 is 14.4 Å². The van der Waals surface area contributed by atoms with Gasteiger partial charge in [0.25, 0.3) is 11.6 Å². The van der Waals surface area contributed by atoms with E-state index in [9.17, 15) is 14.9 Å². The first-order valence-corrected chi connectivity index (χ1v) is 9.04. The summed E-state index contributed by atoms with van der Waals surface area (Å²) in [4.78, 5) is 29.0. The molecule has 0 spiro atoms. The summed E-state index contributed by atoms with van der Waals surface area (Å²) in [6.45, 7) is 0.424. The van der Waals surface area contributed by atoms with E-state index in [4.69, 9.17) is 9.47 Å². The molecule has 10 nitrogen and oxygen atoms in total. The van der Waals surface area contributed by atoms with Gasteiger partial charge in [0.1, 0.15) is 18.3 Å². The maximum absolute atomic E-state index is 12.8. The maximum atomic E-state index is 12.8. The molecule has 0 saturated heterocycles. The van der Waals surface area contributed by atoms with Crippen LogP contribution in [-0.4, -0.2) is 58.3 Å². The summed E-state index contributed by atoms with van der Waals surface area (Å²) in [5, 5.41) is 15.4. The normalized spacial score (nSPS) is 10.5. The molecular weight excluding hydrogens is 390 g/mol. The van der Waals surface area contributed by atoms with Gasteiger partial charge in [-0.2, -0.15) is 5.10 Å². The number of amides is 1. The lowest BCUT2D eigenvalue weighted by Crippen LogP contribution is -2.29. The van der Waals surface area contributed by atoms with Crippen LogP contribution in [0.3, 0.4) is 0 Å². The third-order valence-corrected chi connectivity index (χ3v) is 4.62. The second-order valence-electron chi connectivity index (χ2n) is 6.47. The molecule has 3 aromatic rings. The summed E-state index contributed by atoms with van der Waals surface area (Å²) in [6.07, 6.45) is 3.23. The fourth-order valence-electron chi connectivity index (χ4n) is 2.98. The average molecular weight is 411 g/mol. The van der Waals surface area contributed by atoms with Gasteiger partial charge in [-0.3, -0.25) is 14.9 Å². The molecule has 0 radical (unpaired) electrons. The van der Waals surface area contributed by atoms with E-state index in [0.29, 0.717) is 24.5 Å². The molecule has 0 N–H and O–H groups in total. The predicted octanol–water partition coefficient (Wildman–Crippen LogP) is 2.51. The van der Waals surface area contributed by atoms with Crippen LogP contribution in [0.4, 0.5) is 5.69 Å². The Bertz CT molecular complexity index is 1050. The summed E-state index contributed by atoms with van der Waals surface area (Å²) in [5.41, 5.74) is 1.21. The van der Waals surface area contributed by atoms with Crippen LogP contribution in [0.5, 0.6) is 11.5 Å². The van der Waals surface area contributed by atoms with Crippen molar-refractivity contribution in [3.63, 3.8) is 0 Å². The minimum absolute atomic E-state index is 0.223. The van der Waals surface area contributed by atoms with Gasteiger partial charge in [-0.1, -0.05) is 6.07 Å². The summed E-state index contributed by atoms with van der Waals surface area (Å²) in [7, 11) is 4.78. The molecule has 10 heteroatoms. The molecule has 0 bridgehead atoms. The number of nitro benzene ring substituents is 1. The molecule has 1 heterocycles. The molecule has 2 aromatic carbocycles. The molecule has 0 aliphatic carbocycles. The largest absolute Gasteiger partial charge is 0.493 e. The molecule has 0 aliphatic rings. The van der Waals surface area contributed by atoms with Crippen molar-refractivity contribution in [2.24, 2.45) is 0 Å². The van der Waals surface area contributed by atoms with Gasteiger partial charge in [0.05, 0.1) is 19.1 Å². The second kappa shape index (κ2) is 9.03. The zero-order chi connectivity index (χ0) is 21.7. The number of hydrogen-bond donors (Lipinski definition) is 0. The second-order valence-corrected chi connectivity index (χ2v) is 6.47. The molecule has 0 aliphatic heterocycles. The fourth-order valence-corrected chi connectivity index (χ4v) is 2.98. The van der Waals surface area contributed by atoms with Crippen LogP contribution in [0.1, 0.15) is 15.9 Å². The van der Waals surface area contributed by atoms with Gasteiger partial charge in [-0.15, -0.1) is 0 Å². The monoisotopic (exact) mass is 411 g/mol. The van der Waals surface area contributed by atoms with Crippen molar-refractivity contribution in [2.45, 2.75) is 6.42 Å². The van der Waals surface area contributed by atoms with Crippen molar-refractivity contribution in [1.82, 2.24) is 19.7 Å². The Morgan fingerprint density at radius 3 is 2.57 bits per heavy atom. The number of carbonyl (C=O) groups excluding carboxylic acids is 1. The van der Waals surface area contributed by atoms with Crippen LogP contribution < -0.4 is 9.47 Å². The lowest BCUT2D eigenvalue weighted by atomic mass is 10.1. The van der Waals surface area contributed by atoms with Crippen molar-refractivity contribution in [3.05, 3.63) is 70.3 Å². The first-order chi connectivity index (χ1) is 14.4. The Balaban J connectivity index is 1.74. The van der Waals surface area contributed by atoms with Crippen molar-refractivity contribution >= 4 is 11.6 Å². The summed E-state index contributed by atoms with van der Waals surface area (Å²) in [5.74, 6) is 0.928. The van der Waals surface area contributed by atoms with Crippen molar-refractivity contribution in [1.29, 1.82) is 0 Å². The Labute approximate surface area is 172 Å². The van der Waals surface area contributed by atoms with E-state index in [1.807, 2.05) is 18.2 Å². The maximum Gasteiger partial charge on any atom is 0.295 e. The molecule has 3 rings (SSSR count). The number of carbonyl (C=O) groups is 1. The third kappa shape index (κ3) is 4.37. The summed E-state index contributed by atoms with van der Waals surface area (Å²) >= 11 is 0. The summed E-state index contributed by atoms with van der Waals surface area (Å²) in [6, 6.07) is 9.85. The molecule has 1 amide bonds. The van der Waals surface area contributed by atoms with E-state index in [1.54, 1.807) is 27.3 Å². The van der Waals surface area contributed by atoms with Gasteiger partial charge in [-0.25, -0.2) is 9.67 Å². The van der Waals surface area contributed by atoms with Crippen molar-refractivity contribution in [2.75, 3.05) is 27.8 Å². The molecule has 156 valence electrons. The predicted molar refractivity (Wildman–Crippen MR) is 108 cm³/mol. The van der Waals surface area contributed by atoms with E-state index >= 15 is 0 Å². The molecule has 0 fully saturated rings. The number of hydrogen-bond acceptors (Lipinski definition) is 7. The first kappa shape index (κ1) is 20.8. The van der Waals surface area contributed by atoms with E-state index in [-0.39, 0.29) is 22.8 Å². The van der Waals surface area contributed by atoms with E-state index in [0.717, 1.165) is 5.56 Å².